The number of hydrogen-bond acceptors (Lipinski definition) is 3. The van der Waals surface area contributed by atoms with E-state index in [1.807, 2.05) is 48.6 Å². The second kappa shape index (κ2) is 9.26. The summed E-state index contributed by atoms with van der Waals surface area (Å²) in [6, 6.07) is 34.4. The average Bonchev–Trinajstić information content (AvgIpc) is 3.58. The maximum Gasteiger partial charge on any atom is 0.235 e. The molecular formula is C37H25N3S. The second-order valence-corrected chi connectivity index (χ2v) is 11.2. The Morgan fingerprint density at radius 2 is 1.39 bits per heavy atom. The number of rotatable bonds is 4. The van der Waals surface area contributed by atoms with Gasteiger partial charge in [0.25, 0.3) is 0 Å². The standard InChI is InChI=1S/C37H25N3S/c1-3-5-14-23(4-2)34-26-17-8-11-20-29(26)38-37(39-34)40-30-21-12-9-18-27(30)32-24-15-6-7-16-25(24)33-28-19-10-13-22-31(28)41-36(33)35(32)40/h3-22H,2H2,1H3/b5-3-,23-14+. The van der Waals surface area contributed by atoms with E-state index in [9.17, 15) is 0 Å². The Morgan fingerprint density at radius 1 is 0.732 bits per heavy atom. The predicted octanol–water partition coefficient (Wildman–Crippen LogP) is 10.4. The van der Waals surface area contributed by atoms with Crippen LogP contribution in [0.2, 0.25) is 0 Å². The first-order chi connectivity index (χ1) is 20.3. The Labute approximate surface area is 241 Å². The van der Waals surface area contributed by atoms with E-state index in [2.05, 4.69) is 102 Å². The number of allylic oxidation sites excluding steroid dienone is 5. The summed E-state index contributed by atoms with van der Waals surface area (Å²) in [6.07, 6.45) is 7.99. The van der Waals surface area contributed by atoms with Gasteiger partial charge in [-0.15, -0.1) is 11.3 Å². The highest BCUT2D eigenvalue weighted by Gasteiger charge is 2.23. The van der Waals surface area contributed by atoms with Gasteiger partial charge in [0.1, 0.15) is 0 Å². The number of benzene rings is 5. The maximum absolute atomic E-state index is 5.29. The molecule has 8 aromatic rings. The van der Waals surface area contributed by atoms with E-state index < -0.39 is 0 Å². The first-order valence-electron chi connectivity index (χ1n) is 13.8. The minimum absolute atomic E-state index is 0.659. The Morgan fingerprint density at radius 3 is 2.17 bits per heavy atom. The van der Waals surface area contributed by atoms with Gasteiger partial charge in [-0.2, -0.15) is 0 Å². The summed E-state index contributed by atoms with van der Waals surface area (Å²) < 4.78 is 4.81. The highest BCUT2D eigenvalue weighted by atomic mass is 32.1. The van der Waals surface area contributed by atoms with Crippen LogP contribution in [0.5, 0.6) is 0 Å². The van der Waals surface area contributed by atoms with Crippen LogP contribution in [-0.4, -0.2) is 14.5 Å². The van der Waals surface area contributed by atoms with Crippen LogP contribution in [0.1, 0.15) is 12.6 Å². The maximum atomic E-state index is 5.29. The molecule has 0 saturated carbocycles. The lowest BCUT2D eigenvalue weighted by molar-refractivity contribution is 1.01. The van der Waals surface area contributed by atoms with Gasteiger partial charge in [-0.25, -0.2) is 9.97 Å². The lowest BCUT2D eigenvalue weighted by Crippen LogP contribution is -2.04. The monoisotopic (exact) mass is 543 g/mol. The zero-order chi connectivity index (χ0) is 27.5. The van der Waals surface area contributed by atoms with E-state index in [0.29, 0.717) is 5.95 Å². The number of thiophene rings is 1. The van der Waals surface area contributed by atoms with E-state index in [1.165, 1.54) is 41.7 Å². The number of para-hydroxylation sites is 2. The molecule has 0 spiro atoms. The molecule has 0 aliphatic carbocycles. The van der Waals surface area contributed by atoms with Gasteiger partial charge in [0, 0.05) is 37.2 Å². The predicted molar refractivity (Wildman–Crippen MR) is 177 cm³/mol. The van der Waals surface area contributed by atoms with Crippen LogP contribution in [0, 0.1) is 0 Å². The van der Waals surface area contributed by atoms with Crippen LogP contribution < -0.4 is 0 Å². The van der Waals surface area contributed by atoms with Gasteiger partial charge in [0.15, 0.2) is 0 Å². The summed E-state index contributed by atoms with van der Waals surface area (Å²) in [5, 5.41) is 8.54. The highest BCUT2D eigenvalue weighted by molar-refractivity contribution is 7.27. The smallest absolute Gasteiger partial charge is 0.235 e. The van der Waals surface area contributed by atoms with E-state index in [1.54, 1.807) is 0 Å². The molecule has 3 nitrogen and oxygen atoms in total. The fourth-order valence-electron chi connectivity index (χ4n) is 6.16. The molecule has 3 heterocycles. The molecular weight excluding hydrogens is 518 g/mol. The van der Waals surface area contributed by atoms with Gasteiger partial charge in [0.2, 0.25) is 5.95 Å². The van der Waals surface area contributed by atoms with Crippen LogP contribution in [0.4, 0.5) is 0 Å². The van der Waals surface area contributed by atoms with E-state index in [-0.39, 0.29) is 0 Å². The number of fused-ring (bicyclic) bond motifs is 11. The second-order valence-electron chi connectivity index (χ2n) is 10.2. The topological polar surface area (TPSA) is 30.7 Å². The molecule has 8 rings (SSSR count). The van der Waals surface area contributed by atoms with Crippen molar-refractivity contribution in [2.24, 2.45) is 0 Å². The molecule has 0 unspecified atom stereocenters. The Kier molecular flexibility index (Phi) is 5.37. The van der Waals surface area contributed by atoms with Crippen molar-refractivity contribution in [1.29, 1.82) is 0 Å². The third-order valence-electron chi connectivity index (χ3n) is 7.90. The quantitative estimate of drug-likeness (QED) is 0.207. The SMILES string of the molecule is C=C/C(=C\C=C/C)c1nc(-n2c3ccccc3c3c4ccccc4c4c5ccccc5sc4c32)nc2ccccc12. The van der Waals surface area contributed by atoms with Crippen molar-refractivity contribution in [2.75, 3.05) is 0 Å². The zero-order valence-corrected chi connectivity index (χ0v) is 23.3. The molecule has 194 valence electrons. The first-order valence-corrected chi connectivity index (χ1v) is 14.6. The molecule has 0 aliphatic rings. The van der Waals surface area contributed by atoms with Gasteiger partial charge < -0.3 is 0 Å². The molecule has 4 heteroatoms. The molecule has 0 N–H and O–H groups in total. The van der Waals surface area contributed by atoms with E-state index in [4.69, 9.17) is 9.97 Å². The minimum Gasteiger partial charge on any atom is -0.276 e. The van der Waals surface area contributed by atoms with Crippen LogP contribution in [0.15, 0.2) is 128 Å². The van der Waals surface area contributed by atoms with Crippen molar-refractivity contribution in [3.8, 4) is 5.95 Å². The molecule has 0 bridgehead atoms. The van der Waals surface area contributed by atoms with Crippen molar-refractivity contribution < 1.29 is 0 Å². The molecule has 0 fully saturated rings. The number of nitrogens with zero attached hydrogens (tertiary/aromatic N) is 3. The summed E-state index contributed by atoms with van der Waals surface area (Å²) in [6.45, 7) is 6.13. The Bertz CT molecular complexity index is 2400. The molecule has 0 amide bonds. The summed E-state index contributed by atoms with van der Waals surface area (Å²) in [7, 11) is 0. The van der Waals surface area contributed by atoms with Crippen molar-refractivity contribution in [1.82, 2.24) is 14.5 Å². The molecule has 0 aliphatic heterocycles. The number of hydrogen-bond donors (Lipinski definition) is 0. The molecule has 41 heavy (non-hydrogen) atoms. The summed E-state index contributed by atoms with van der Waals surface area (Å²) >= 11 is 1.85. The average molecular weight is 544 g/mol. The molecule has 0 radical (unpaired) electrons. The van der Waals surface area contributed by atoms with Gasteiger partial charge in [-0.05, 0) is 35.9 Å². The third-order valence-corrected chi connectivity index (χ3v) is 9.08. The normalized spacial score (nSPS) is 12.7. The minimum atomic E-state index is 0.659. The summed E-state index contributed by atoms with van der Waals surface area (Å²) in [4.78, 5) is 10.5. The van der Waals surface area contributed by atoms with Crippen molar-refractivity contribution in [3.63, 3.8) is 0 Å². The van der Waals surface area contributed by atoms with Crippen molar-refractivity contribution in [3.05, 3.63) is 134 Å². The molecule has 0 saturated heterocycles. The Hall–Kier alpha value is -5.06. The fraction of sp³-hybridized carbons (Fsp3) is 0.0270. The fourth-order valence-corrected chi connectivity index (χ4v) is 7.42. The third kappa shape index (κ3) is 3.44. The number of aromatic nitrogens is 3. The van der Waals surface area contributed by atoms with Crippen molar-refractivity contribution in [2.45, 2.75) is 6.92 Å². The molecule has 0 atom stereocenters. The highest BCUT2D eigenvalue weighted by Crippen LogP contribution is 2.47. The van der Waals surface area contributed by atoms with Crippen LogP contribution in [-0.2, 0) is 0 Å². The summed E-state index contributed by atoms with van der Waals surface area (Å²) in [5.74, 6) is 0.659. The van der Waals surface area contributed by atoms with Crippen LogP contribution >= 0.6 is 11.3 Å². The van der Waals surface area contributed by atoms with Gasteiger partial charge in [-0.3, -0.25) is 4.57 Å². The molecule has 3 aromatic heterocycles. The van der Waals surface area contributed by atoms with Gasteiger partial charge in [0.05, 0.1) is 26.9 Å². The first kappa shape index (κ1) is 23.8. The molecule has 5 aromatic carbocycles. The zero-order valence-electron chi connectivity index (χ0n) is 22.5. The van der Waals surface area contributed by atoms with Crippen LogP contribution in [0.25, 0.3) is 75.2 Å². The van der Waals surface area contributed by atoms with Crippen LogP contribution in [0.3, 0.4) is 0 Å². The lowest BCUT2D eigenvalue weighted by Gasteiger charge is -2.13. The Balaban J connectivity index is 1.62. The van der Waals surface area contributed by atoms with E-state index >= 15 is 0 Å². The van der Waals surface area contributed by atoms with E-state index in [0.717, 1.165) is 33.2 Å². The van der Waals surface area contributed by atoms with Gasteiger partial charge in [-0.1, -0.05) is 110 Å². The lowest BCUT2D eigenvalue weighted by atomic mass is 9.99. The summed E-state index contributed by atoms with van der Waals surface area (Å²) in [5.41, 5.74) is 4.98. The van der Waals surface area contributed by atoms with Crippen molar-refractivity contribution >= 4 is 80.6 Å². The largest absolute Gasteiger partial charge is 0.276 e. The van der Waals surface area contributed by atoms with Gasteiger partial charge >= 0.3 is 0 Å².